The summed E-state index contributed by atoms with van der Waals surface area (Å²) in [7, 11) is 0. The monoisotopic (exact) mass is 430 g/mol. The van der Waals surface area contributed by atoms with Crippen LogP contribution in [0.3, 0.4) is 0 Å². The van der Waals surface area contributed by atoms with Gasteiger partial charge in [-0.3, -0.25) is 0 Å². The van der Waals surface area contributed by atoms with Crippen molar-refractivity contribution < 1.29 is 61.3 Å². The summed E-state index contributed by atoms with van der Waals surface area (Å²) in [5.74, 6) is -1.14. The quantitative estimate of drug-likeness (QED) is 0.199. The van der Waals surface area contributed by atoms with Crippen molar-refractivity contribution in [2.24, 2.45) is 0 Å². The fraction of sp³-hybridized carbons (Fsp3) is 0.444. The molecule has 156 valence electrons. The summed E-state index contributed by atoms with van der Waals surface area (Å²) in [5, 5.41) is 11.6. The number of hydrogen-bond donors (Lipinski definition) is 0. The summed E-state index contributed by atoms with van der Waals surface area (Å²) in [6, 6.07) is 17.4. The molecule has 0 N–H and O–H groups in total. The van der Waals surface area contributed by atoms with Gasteiger partial charge in [-0.05, 0) is 35.6 Å². The van der Waals surface area contributed by atoms with Crippen LogP contribution in [0.5, 0.6) is 0 Å². The number of carboxylic acid groups (broad SMARTS) is 1. The summed E-state index contributed by atoms with van der Waals surface area (Å²) in [5.41, 5.74) is 3.05. The molecule has 0 unspecified atom stereocenters. The SMILES string of the molecule is CCCCCCCCCCCCc1ccc(C(=Cc2ccccc2)C(=O)[O-])cc1.[K+]. The molecule has 0 amide bonds. The second-order valence-electron chi connectivity index (χ2n) is 7.89. The number of benzene rings is 2. The Balaban J connectivity index is 0.00000450. The number of rotatable bonds is 14. The van der Waals surface area contributed by atoms with Gasteiger partial charge in [0.25, 0.3) is 0 Å². The van der Waals surface area contributed by atoms with Crippen LogP contribution in [0.15, 0.2) is 54.6 Å². The van der Waals surface area contributed by atoms with Crippen molar-refractivity contribution in [1.82, 2.24) is 0 Å². The van der Waals surface area contributed by atoms with Crippen molar-refractivity contribution in [3.8, 4) is 0 Å². The van der Waals surface area contributed by atoms with Crippen LogP contribution in [0, 0.1) is 0 Å². The first-order chi connectivity index (χ1) is 14.2. The molecule has 0 radical (unpaired) electrons. The van der Waals surface area contributed by atoms with E-state index in [2.05, 4.69) is 6.92 Å². The third-order valence-corrected chi connectivity index (χ3v) is 5.41. The van der Waals surface area contributed by atoms with E-state index in [1.165, 1.54) is 69.8 Å². The van der Waals surface area contributed by atoms with Gasteiger partial charge in [0.2, 0.25) is 0 Å². The molecule has 0 saturated heterocycles. The standard InChI is InChI=1S/C27H36O2.K/c1-2-3-4-5-6-7-8-9-10-12-15-23-18-20-25(21-19-23)26(27(28)29)22-24-16-13-11-14-17-24;/h11,13-14,16-22H,2-10,12,15H2,1H3,(H,28,29);/q;+1/p-1. The van der Waals surface area contributed by atoms with Crippen molar-refractivity contribution in [2.45, 2.75) is 77.6 Å². The Bertz CT molecular complexity index is 735. The van der Waals surface area contributed by atoms with E-state index in [-0.39, 0.29) is 57.0 Å². The van der Waals surface area contributed by atoms with Crippen LogP contribution in [0.2, 0.25) is 0 Å². The predicted octanol–water partition coefficient (Wildman–Crippen LogP) is 3.44. The molecule has 0 aliphatic heterocycles. The molecular weight excluding hydrogens is 395 g/mol. The number of carboxylic acids is 1. The fourth-order valence-electron chi connectivity index (χ4n) is 3.64. The van der Waals surface area contributed by atoms with Gasteiger partial charge in [-0.2, -0.15) is 0 Å². The molecule has 2 rings (SSSR count). The van der Waals surface area contributed by atoms with Gasteiger partial charge in [-0.1, -0.05) is 119 Å². The number of carbonyl (C=O) groups excluding carboxylic acids is 1. The molecule has 2 aromatic rings. The predicted molar refractivity (Wildman–Crippen MR) is 121 cm³/mol. The number of aryl methyl sites for hydroxylation is 1. The molecule has 0 spiro atoms. The van der Waals surface area contributed by atoms with E-state index >= 15 is 0 Å². The second-order valence-corrected chi connectivity index (χ2v) is 7.89. The number of carbonyl (C=O) groups is 1. The van der Waals surface area contributed by atoms with Gasteiger partial charge in [-0.25, -0.2) is 0 Å². The summed E-state index contributed by atoms with van der Waals surface area (Å²) >= 11 is 0. The Labute approximate surface area is 225 Å². The van der Waals surface area contributed by atoms with Gasteiger partial charge in [0.1, 0.15) is 0 Å². The molecule has 2 aromatic carbocycles. The van der Waals surface area contributed by atoms with E-state index in [1.807, 2.05) is 54.6 Å². The van der Waals surface area contributed by atoms with Gasteiger partial charge >= 0.3 is 51.4 Å². The minimum absolute atomic E-state index is 0. The van der Waals surface area contributed by atoms with Crippen LogP contribution < -0.4 is 56.5 Å². The Morgan fingerprint density at radius 2 is 1.30 bits per heavy atom. The molecule has 0 atom stereocenters. The minimum Gasteiger partial charge on any atom is -0.545 e. The topological polar surface area (TPSA) is 40.1 Å². The zero-order valence-electron chi connectivity index (χ0n) is 18.9. The Hall–Kier alpha value is -0.714. The van der Waals surface area contributed by atoms with Crippen molar-refractivity contribution in [1.29, 1.82) is 0 Å². The fourth-order valence-corrected chi connectivity index (χ4v) is 3.64. The molecule has 0 aliphatic rings. The molecule has 0 saturated carbocycles. The van der Waals surface area contributed by atoms with Crippen LogP contribution in [-0.2, 0) is 11.2 Å². The summed E-state index contributed by atoms with van der Waals surface area (Å²) in [6.45, 7) is 2.26. The number of unbranched alkanes of at least 4 members (excludes halogenated alkanes) is 9. The largest absolute Gasteiger partial charge is 1.00 e. The average molecular weight is 431 g/mol. The maximum Gasteiger partial charge on any atom is 1.00 e. The zero-order chi connectivity index (χ0) is 20.7. The van der Waals surface area contributed by atoms with E-state index in [0.29, 0.717) is 5.56 Å². The summed E-state index contributed by atoms with van der Waals surface area (Å²) in [6.07, 6.45) is 16.1. The normalized spacial score (nSPS) is 11.2. The molecule has 0 aliphatic carbocycles. The van der Waals surface area contributed by atoms with Crippen molar-refractivity contribution in [3.05, 3.63) is 71.3 Å². The van der Waals surface area contributed by atoms with E-state index < -0.39 is 5.97 Å². The average Bonchev–Trinajstić information content (AvgIpc) is 2.74. The molecule has 2 nitrogen and oxygen atoms in total. The molecule has 0 bridgehead atoms. The van der Waals surface area contributed by atoms with E-state index in [1.54, 1.807) is 6.08 Å². The zero-order valence-corrected chi connectivity index (χ0v) is 22.0. The summed E-state index contributed by atoms with van der Waals surface area (Å²) < 4.78 is 0. The van der Waals surface area contributed by atoms with Crippen molar-refractivity contribution >= 4 is 17.6 Å². The third kappa shape index (κ3) is 11.1. The first kappa shape index (κ1) is 27.3. The van der Waals surface area contributed by atoms with Crippen LogP contribution >= 0.6 is 0 Å². The molecule has 0 fully saturated rings. The number of aliphatic carboxylic acids is 1. The van der Waals surface area contributed by atoms with Gasteiger partial charge in [0.15, 0.2) is 0 Å². The Morgan fingerprint density at radius 1 is 0.767 bits per heavy atom. The van der Waals surface area contributed by atoms with Crippen LogP contribution in [0.25, 0.3) is 11.6 Å². The summed E-state index contributed by atoms with van der Waals surface area (Å²) in [4.78, 5) is 11.6. The van der Waals surface area contributed by atoms with E-state index in [4.69, 9.17) is 0 Å². The second kappa shape index (κ2) is 16.9. The first-order valence-electron chi connectivity index (χ1n) is 11.3. The molecular formula is C27H35KO2. The van der Waals surface area contributed by atoms with Gasteiger partial charge in [0, 0.05) is 5.57 Å². The third-order valence-electron chi connectivity index (χ3n) is 5.41. The molecule has 0 heterocycles. The minimum atomic E-state index is -1.14. The van der Waals surface area contributed by atoms with Crippen LogP contribution in [-0.4, -0.2) is 5.97 Å². The smallest absolute Gasteiger partial charge is 0.545 e. The van der Waals surface area contributed by atoms with Crippen molar-refractivity contribution in [3.63, 3.8) is 0 Å². The maximum atomic E-state index is 11.6. The number of hydrogen-bond acceptors (Lipinski definition) is 2. The Morgan fingerprint density at radius 3 is 1.83 bits per heavy atom. The first-order valence-corrected chi connectivity index (χ1v) is 11.3. The van der Waals surface area contributed by atoms with Gasteiger partial charge in [0.05, 0.1) is 5.97 Å². The maximum absolute atomic E-state index is 11.6. The molecule has 3 heteroatoms. The van der Waals surface area contributed by atoms with Gasteiger partial charge < -0.3 is 9.90 Å². The van der Waals surface area contributed by atoms with E-state index in [0.717, 1.165) is 12.0 Å². The van der Waals surface area contributed by atoms with Crippen LogP contribution in [0.4, 0.5) is 0 Å². The Kier molecular flexibility index (Phi) is 15.4. The molecule has 30 heavy (non-hydrogen) atoms. The molecule has 0 aromatic heterocycles. The van der Waals surface area contributed by atoms with Gasteiger partial charge in [-0.15, -0.1) is 0 Å². The van der Waals surface area contributed by atoms with E-state index in [9.17, 15) is 9.90 Å². The van der Waals surface area contributed by atoms with Crippen LogP contribution in [0.1, 0.15) is 87.8 Å². The van der Waals surface area contributed by atoms with Crippen molar-refractivity contribution in [2.75, 3.05) is 0 Å².